The van der Waals surface area contributed by atoms with Crippen LogP contribution in [0.3, 0.4) is 0 Å². The third-order valence-electron chi connectivity index (χ3n) is 2.32. The summed E-state index contributed by atoms with van der Waals surface area (Å²) in [7, 11) is 0. The summed E-state index contributed by atoms with van der Waals surface area (Å²) in [5.74, 6) is 2.10. The van der Waals surface area contributed by atoms with Crippen LogP contribution in [0.15, 0.2) is 24.3 Å². The summed E-state index contributed by atoms with van der Waals surface area (Å²) in [5, 5.41) is 3.42. The molecule has 0 bridgehead atoms. The standard InChI is InChI=1S/C13H21NOS/c1-11-4-6-13(7-5-11)15-10-12(2)14-8-9-16-3/h4-7,12,14H,8-10H2,1-3H3. The second-order valence-electron chi connectivity index (χ2n) is 3.97. The zero-order chi connectivity index (χ0) is 11.8. The molecule has 0 aromatic heterocycles. The van der Waals surface area contributed by atoms with Crippen LogP contribution in [0, 0.1) is 6.92 Å². The monoisotopic (exact) mass is 239 g/mol. The zero-order valence-corrected chi connectivity index (χ0v) is 11.1. The van der Waals surface area contributed by atoms with Crippen molar-refractivity contribution in [2.45, 2.75) is 19.9 Å². The lowest BCUT2D eigenvalue weighted by Gasteiger charge is -2.14. The predicted molar refractivity (Wildman–Crippen MR) is 72.5 cm³/mol. The smallest absolute Gasteiger partial charge is 0.119 e. The first-order valence-electron chi connectivity index (χ1n) is 5.64. The molecule has 1 N–H and O–H groups in total. The number of thioether (sulfide) groups is 1. The van der Waals surface area contributed by atoms with Gasteiger partial charge in [-0.2, -0.15) is 11.8 Å². The van der Waals surface area contributed by atoms with E-state index in [1.165, 1.54) is 5.56 Å². The van der Waals surface area contributed by atoms with Gasteiger partial charge < -0.3 is 10.1 Å². The van der Waals surface area contributed by atoms with Crippen LogP contribution in [0.2, 0.25) is 0 Å². The molecular formula is C13H21NOS. The topological polar surface area (TPSA) is 21.3 Å². The highest BCUT2D eigenvalue weighted by Crippen LogP contribution is 2.11. The van der Waals surface area contributed by atoms with Crippen molar-refractivity contribution in [3.63, 3.8) is 0 Å². The lowest BCUT2D eigenvalue weighted by atomic mass is 10.2. The van der Waals surface area contributed by atoms with Crippen LogP contribution < -0.4 is 10.1 Å². The molecule has 1 unspecified atom stereocenters. The first-order valence-corrected chi connectivity index (χ1v) is 7.03. The second-order valence-corrected chi connectivity index (χ2v) is 4.96. The molecule has 2 nitrogen and oxygen atoms in total. The Kier molecular flexibility index (Phi) is 6.34. The second kappa shape index (κ2) is 7.58. The third kappa shape index (κ3) is 5.42. The fraction of sp³-hybridized carbons (Fsp3) is 0.538. The maximum atomic E-state index is 5.68. The number of ether oxygens (including phenoxy) is 1. The van der Waals surface area contributed by atoms with Crippen LogP contribution in [-0.2, 0) is 0 Å². The summed E-state index contributed by atoms with van der Waals surface area (Å²) in [6.07, 6.45) is 2.12. The van der Waals surface area contributed by atoms with Gasteiger partial charge in [-0.1, -0.05) is 17.7 Å². The first kappa shape index (κ1) is 13.4. The number of nitrogens with one attached hydrogen (secondary N) is 1. The molecule has 0 radical (unpaired) electrons. The minimum Gasteiger partial charge on any atom is -0.492 e. The molecule has 1 rings (SSSR count). The Hall–Kier alpha value is -0.670. The van der Waals surface area contributed by atoms with Gasteiger partial charge in [0.2, 0.25) is 0 Å². The van der Waals surface area contributed by atoms with E-state index >= 15 is 0 Å². The fourth-order valence-corrected chi connectivity index (χ4v) is 1.64. The molecule has 0 spiro atoms. The van der Waals surface area contributed by atoms with Crippen molar-refractivity contribution < 1.29 is 4.74 Å². The number of hydrogen-bond donors (Lipinski definition) is 1. The summed E-state index contributed by atoms with van der Waals surface area (Å²) in [6.45, 7) is 5.99. The van der Waals surface area contributed by atoms with Gasteiger partial charge in [-0.25, -0.2) is 0 Å². The maximum absolute atomic E-state index is 5.68. The number of benzene rings is 1. The minimum absolute atomic E-state index is 0.397. The quantitative estimate of drug-likeness (QED) is 0.739. The lowest BCUT2D eigenvalue weighted by molar-refractivity contribution is 0.275. The summed E-state index contributed by atoms with van der Waals surface area (Å²) in [5.41, 5.74) is 1.26. The largest absolute Gasteiger partial charge is 0.492 e. The van der Waals surface area contributed by atoms with Gasteiger partial charge in [0.25, 0.3) is 0 Å². The van der Waals surface area contributed by atoms with E-state index in [1.807, 2.05) is 23.9 Å². The van der Waals surface area contributed by atoms with Gasteiger partial charge in [-0.05, 0) is 32.2 Å². The average Bonchev–Trinajstić information content (AvgIpc) is 2.29. The fourth-order valence-electron chi connectivity index (χ4n) is 1.32. The molecule has 90 valence electrons. The van der Waals surface area contributed by atoms with E-state index in [4.69, 9.17) is 4.74 Å². The van der Waals surface area contributed by atoms with Gasteiger partial charge in [-0.3, -0.25) is 0 Å². The van der Waals surface area contributed by atoms with Crippen molar-refractivity contribution in [3.05, 3.63) is 29.8 Å². The first-order chi connectivity index (χ1) is 7.72. The molecule has 0 aliphatic heterocycles. The molecule has 0 aliphatic carbocycles. The van der Waals surface area contributed by atoms with E-state index in [0.29, 0.717) is 6.04 Å². The highest BCUT2D eigenvalue weighted by atomic mass is 32.2. The van der Waals surface area contributed by atoms with E-state index in [2.05, 4.69) is 37.6 Å². The van der Waals surface area contributed by atoms with Gasteiger partial charge in [0.15, 0.2) is 0 Å². The summed E-state index contributed by atoms with van der Waals surface area (Å²) >= 11 is 1.86. The van der Waals surface area contributed by atoms with Crippen molar-refractivity contribution >= 4 is 11.8 Å². The SMILES string of the molecule is CSCCNC(C)COc1ccc(C)cc1. The highest BCUT2D eigenvalue weighted by molar-refractivity contribution is 7.98. The molecule has 0 fully saturated rings. The van der Waals surface area contributed by atoms with Crippen LogP contribution in [0.5, 0.6) is 5.75 Å². The van der Waals surface area contributed by atoms with Crippen molar-refractivity contribution in [2.24, 2.45) is 0 Å². The Balaban J connectivity index is 2.20. The van der Waals surface area contributed by atoms with Gasteiger partial charge >= 0.3 is 0 Å². The molecule has 0 amide bonds. The minimum atomic E-state index is 0.397. The van der Waals surface area contributed by atoms with E-state index in [-0.39, 0.29) is 0 Å². The third-order valence-corrected chi connectivity index (χ3v) is 2.93. The summed E-state index contributed by atoms with van der Waals surface area (Å²) in [4.78, 5) is 0. The normalized spacial score (nSPS) is 12.4. The van der Waals surface area contributed by atoms with Gasteiger partial charge in [0.1, 0.15) is 12.4 Å². The summed E-state index contributed by atoms with van der Waals surface area (Å²) in [6, 6.07) is 8.57. The van der Waals surface area contributed by atoms with Crippen molar-refractivity contribution in [1.29, 1.82) is 0 Å². The van der Waals surface area contributed by atoms with Gasteiger partial charge in [-0.15, -0.1) is 0 Å². The van der Waals surface area contributed by atoms with Crippen LogP contribution in [0.4, 0.5) is 0 Å². The molecule has 1 atom stereocenters. The molecule has 0 saturated carbocycles. The molecule has 0 aliphatic rings. The maximum Gasteiger partial charge on any atom is 0.119 e. The van der Waals surface area contributed by atoms with E-state index in [1.54, 1.807) is 0 Å². The van der Waals surface area contributed by atoms with Crippen LogP contribution in [-0.4, -0.2) is 31.2 Å². The average molecular weight is 239 g/mol. The highest BCUT2D eigenvalue weighted by Gasteiger charge is 2.01. The van der Waals surface area contributed by atoms with E-state index in [0.717, 1.165) is 24.7 Å². The number of aryl methyl sites for hydroxylation is 1. The van der Waals surface area contributed by atoms with Crippen LogP contribution in [0.1, 0.15) is 12.5 Å². The van der Waals surface area contributed by atoms with Crippen LogP contribution >= 0.6 is 11.8 Å². The molecule has 0 heterocycles. The predicted octanol–water partition coefficient (Wildman–Crippen LogP) is 2.71. The summed E-state index contributed by atoms with van der Waals surface area (Å²) < 4.78 is 5.68. The Morgan fingerprint density at radius 2 is 2.00 bits per heavy atom. The Morgan fingerprint density at radius 3 is 2.62 bits per heavy atom. The Bertz CT molecular complexity index is 286. The van der Waals surface area contributed by atoms with Crippen LogP contribution in [0.25, 0.3) is 0 Å². The van der Waals surface area contributed by atoms with Crippen molar-refractivity contribution in [3.8, 4) is 5.75 Å². The number of rotatable bonds is 7. The Morgan fingerprint density at radius 1 is 1.31 bits per heavy atom. The molecule has 3 heteroatoms. The molecule has 16 heavy (non-hydrogen) atoms. The zero-order valence-electron chi connectivity index (χ0n) is 10.3. The Labute approximate surface area is 103 Å². The molecule has 1 aromatic carbocycles. The van der Waals surface area contributed by atoms with E-state index < -0.39 is 0 Å². The van der Waals surface area contributed by atoms with Gasteiger partial charge in [0.05, 0.1) is 0 Å². The van der Waals surface area contributed by atoms with E-state index in [9.17, 15) is 0 Å². The lowest BCUT2D eigenvalue weighted by Crippen LogP contribution is -2.33. The molecule has 0 saturated heterocycles. The number of hydrogen-bond acceptors (Lipinski definition) is 3. The molecule has 1 aromatic rings. The molecular weight excluding hydrogens is 218 g/mol. The van der Waals surface area contributed by atoms with Gasteiger partial charge in [0, 0.05) is 18.3 Å². The van der Waals surface area contributed by atoms with Crippen molar-refractivity contribution in [1.82, 2.24) is 5.32 Å². The van der Waals surface area contributed by atoms with Crippen molar-refractivity contribution in [2.75, 3.05) is 25.2 Å².